The van der Waals surface area contributed by atoms with Crippen molar-refractivity contribution in [2.24, 2.45) is 5.92 Å². The summed E-state index contributed by atoms with van der Waals surface area (Å²) < 4.78 is 5.31. The van der Waals surface area contributed by atoms with Crippen molar-refractivity contribution < 1.29 is 14.9 Å². The van der Waals surface area contributed by atoms with Gasteiger partial charge in [-0.25, -0.2) is 0 Å². The highest BCUT2D eigenvalue weighted by molar-refractivity contribution is 4.78. The van der Waals surface area contributed by atoms with Gasteiger partial charge in [-0.2, -0.15) is 0 Å². The molecule has 3 heteroatoms. The average molecular weight is 160 g/mol. The van der Waals surface area contributed by atoms with Gasteiger partial charge in [0.25, 0.3) is 0 Å². The van der Waals surface area contributed by atoms with Crippen LogP contribution in [0.1, 0.15) is 20.3 Å². The van der Waals surface area contributed by atoms with Crippen LogP contribution >= 0.6 is 0 Å². The van der Waals surface area contributed by atoms with Gasteiger partial charge >= 0.3 is 0 Å². The molecule has 1 aliphatic heterocycles. The molecule has 1 heterocycles. The minimum absolute atomic E-state index is 0.105. The van der Waals surface area contributed by atoms with E-state index in [4.69, 9.17) is 9.84 Å². The number of hydrogen-bond donors (Lipinski definition) is 2. The fourth-order valence-electron chi connectivity index (χ4n) is 1.26. The third kappa shape index (κ3) is 2.15. The fourth-order valence-corrected chi connectivity index (χ4v) is 1.26. The summed E-state index contributed by atoms with van der Waals surface area (Å²) in [6, 6.07) is 0. The van der Waals surface area contributed by atoms with Crippen molar-refractivity contribution in [3.05, 3.63) is 0 Å². The second-order valence-electron chi connectivity index (χ2n) is 3.49. The Morgan fingerprint density at radius 3 is 2.36 bits per heavy atom. The lowest BCUT2D eigenvalue weighted by atomic mass is 9.96. The number of rotatable bonds is 1. The minimum atomic E-state index is -0.690. The van der Waals surface area contributed by atoms with Gasteiger partial charge in [-0.15, -0.1) is 0 Å². The number of hydrogen-bond acceptors (Lipinski definition) is 3. The molecule has 11 heavy (non-hydrogen) atoms. The third-order valence-electron chi connectivity index (χ3n) is 2.14. The highest BCUT2D eigenvalue weighted by Gasteiger charge is 2.29. The quantitative estimate of drug-likeness (QED) is 0.574. The number of ether oxygens (including phenoxy) is 1. The van der Waals surface area contributed by atoms with Gasteiger partial charge in [0, 0.05) is 6.42 Å². The van der Waals surface area contributed by atoms with E-state index in [1.54, 1.807) is 0 Å². The first-order valence-corrected chi connectivity index (χ1v) is 4.09. The maximum absolute atomic E-state index is 9.27. The topological polar surface area (TPSA) is 49.7 Å². The van der Waals surface area contributed by atoms with Crippen LogP contribution in [0.2, 0.25) is 0 Å². The Kier molecular flexibility index (Phi) is 2.87. The van der Waals surface area contributed by atoms with E-state index in [9.17, 15) is 5.11 Å². The Hall–Kier alpha value is -0.120. The summed E-state index contributed by atoms with van der Waals surface area (Å²) in [5, 5.41) is 18.4. The molecule has 1 fully saturated rings. The maximum Gasteiger partial charge on any atom is 0.103 e. The predicted molar refractivity (Wildman–Crippen MR) is 41.2 cm³/mol. The van der Waals surface area contributed by atoms with E-state index in [-0.39, 0.29) is 12.7 Å². The zero-order valence-corrected chi connectivity index (χ0v) is 7.03. The lowest BCUT2D eigenvalue weighted by Gasteiger charge is -2.32. The van der Waals surface area contributed by atoms with Crippen LogP contribution in [0.3, 0.4) is 0 Å². The summed E-state index contributed by atoms with van der Waals surface area (Å²) >= 11 is 0. The molecule has 0 aromatic carbocycles. The van der Waals surface area contributed by atoms with E-state index in [2.05, 4.69) is 13.8 Å². The zero-order chi connectivity index (χ0) is 8.43. The molecule has 1 rings (SSSR count). The summed E-state index contributed by atoms with van der Waals surface area (Å²) in [6.07, 6.45) is -0.631. The smallest absolute Gasteiger partial charge is 0.103 e. The van der Waals surface area contributed by atoms with Crippen LogP contribution in [0.5, 0.6) is 0 Å². The van der Waals surface area contributed by atoms with E-state index < -0.39 is 12.2 Å². The van der Waals surface area contributed by atoms with Crippen LogP contribution in [-0.4, -0.2) is 35.1 Å². The lowest BCUT2D eigenvalue weighted by Crippen LogP contribution is -2.42. The SMILES string of the molecule is CC(C)[C@@H]1C[C@@H](O)[C@@H](O)CO1. The Labute approximate surface area is 67.0 Å². The monoisotopic (exact) mass is 160 g/mol. The zero-order valence-electron chi connectivity index (χ0n) is 7.03. The molecular formula is C8H16O3. The van der Waals surface area contributed by atoms with Gasteiger partial charge in [0.1, 0.15) is 6.10 Å². The fraction of sp³-hybridized carbons (Fsp3) is 1.00. The number of aliphatic hydroxyl groups is 2. The minimum Gasteiger partial charge on any atom is -0.390 e. The molecule has 0 spiro atoms. The molecule has 0 aromatic rings. The lowest BCUT2D eigenvalue weighted by molar-refractivity contribution is -0.132. The summed E-state index contributed by atoms with van der Waals surface area (Å²) in [7, 11) is 0. The molecule has 0 radical (unpaired) electrons. The predicted octanol–water partition coefficient (Wildman–Crippen LogP) is 0.153. The highest BCUT2D eigenvalue weighted by atomic mass is 16.5. The molecule has 0 aromatic heterocycles. The molecule has 0 bridgehead atoms. The molecule has 0 aliphatic carbocycles. The normalized spacial score (nSPS) is 39.5. The summed E-state index contributed by atoms with van der Waals surface area (Å²) in [5.41, 5.74) is 0. The van der Waals surface area contributed by atoms with Gasteiger partial charge in [-0.3, -0.25) is 0 Å². The van der Waals surface area contributed by atoms with Crippen LogP contribution in [0.25, 0.3) is 0 Å². The molecule has 66 valence electrons. The van der Waals surface area contributed by atoms with Crippen LogP contribution < -0.4 is 0 Å². The van der Waals surface area contributed by atoms with E-state index in [0.29, 0.717) is 12.3 Å². The Balaban J connectivity index is 2.40. The number of aliphatic hydroxyl groups excluding tert-OH is 2. The molecule has 0 unspecified atom stereocenters. The largest absolute Gasteiger partial charge is 0.390 e. The van der Waals surface area contributed by atoms with Crippen molar-refractivity contribution >= 4 is 0 Å². The highest BCUT2D eigenvalue weighted by Crippen LogP contribution is 2.20. The van der Waals surface area contributed by atoms with Gasteiger partial charge in [0.15, 0.2) is 0 Å². The van der Waals surface area contributed by atoms with E-state index >= 15 is 0 Å². The Bertz CT molecular complexity index is 125. The van der Waals surface area contributed by atoms with E-state index in [1.807, 2.05) is 0 Å². The van der Waals surface area contributed by atoms with Crippen LogP contribution in [-0.2, 0) is 4.74 Å². The third-order valence-corrected chi connectivity index (χ3v) is 2.14. The second-order valence-corrected chi connectivity index (χ2v) is 3.49. The van der Waals surface area contributed by atoms with Crippen molar-refractivity contribution in [1.29, 1.82) is 0 Å². The summed E-state index contributed by atoms with van der Waals surface area (Å²) in [6.45, 7) is 4.37. The van der Waals surface area contributed by atoms with Crippen molar-refractivity contribution in [2.75, 3.05) is 6.61 Å². The van der Waals surface area contributed by atoms with E-state index in [1.165, 1.54) is 0 Å². The first kappa shape index (κ1) is 8.97. The van der Waals surface area contributed by atoms with Gasteiger partial charge in [-0.1, -0.05) is 13.8 Å². The molecule has 3 nitrogen and oxygen atoms in total. The van der Waals surface area contributed by atoms with Gasteiger partial charge in [-0.05, 0) is 5.92 Å². The second kappa shape index (κ2) is 3.52. The van der Waals surface area contributed by atoms with Crippen LogP contribution in [0, 0.1) is 5.92 Å². The van der Waals surface area contributed by atoms with Crippen molar-refractivity contribution in [3.63, 3.8) is 0 Å². The van der Waals surface area contributed by atoms with Gasteiger partial charge in [0.2, 0.25) is 0 Å². The first-order chi connectivity index (χ1) is 5.11. The Morgan fingerprint density at radius 2 is 1.91 bits per heavy atom. The molecule has 3 atom stereocenters. The van der Waals surface area contributed by atoms with Crippen molar-refractivity contribution in [1.82, 2.24) is 0 Å². The van der Waals surface area contributed by atoms with E-state index in [0.717, 1.165) is 0 Å². The van der Waals surface area contributed by atoms with Crippen molar-refractivity contribution in [3.8, 4) is 0 Å². The van der Waals surface area contributed by atoms with Gasteiger partial charge < -0.3 is 14.9 Å². The standard InChI is InChI=1S/C8H16O3/c1-5(2)8-3-6(9)7(10)4-11-8/h5-10H,3-4H2,1-2H3/t6-,7+,8+/m1/s1. The van der Waals surface area contributed by atoms with Crippen LogP contribution in [0.15, 0.2) is 0 Å². The summed E-state index contributed by atoms with van der Waals surface area (Å²) in [4.78, 5) is 0. The molecule has 1 aliphatic rings. The first-order valence-electron chi connectivity index (χ1n) is 4.09. The van der Waals surface area contributed by atoms with Crippen molar-refractivity contribution in [2.45, 2.75) is 38.6 Å². The average Bonchev–Trinajstić information content (AvgIpc) is 1.94. The molecular weight excluding hydrogens is 144 g/mol. The molecule has 1 saturated heterocycles. The Morgan fingerprint density at radius 1 is 1.27 bits per heavy atom. The molecule has 0 saturated carbocycles. The summed E-state index contributed by atoms with van der Waals surface area (Å²) in [5.74, 6) is 0.414. The molecule has 2 N–H and O–H groups in total. The maximum atomic E-state index is 9.27. The van der Waals surface area contributed by atoms with Gasteiger partial charge in [0.05, 0.1) is 18.8 Å². The van der Waals surface area contributed by atoms with Crippen LogP contribution in [0.4, 0.5) is 0 Å². The molecule has 0 amide bonds.